The molecule has 0 bridgehead atoms. The molecule has 1 aliphatic carbocycles. The molecule has 150 valence electrons. The second-order valence-corrected chi connectivity index (χ2v) is 8.63. The van der Waals surface area contributed by atoms with Gasteiger partial charge >= 0.3 is 5.97 Å². The Morgan fingerprint density at radius 1 is 1.03 bits per heavy atom. The van der Waals surface area contributed by atoms with Crippen LogP contribution in [0.25, 0.3) is 11.1 Å². The quantitative estimate of drug-likeness (QED) is 0.530. The van der Waals surface area contributed by atoms with E-state index in [4.69, 9.17) is 4.74 Å². The number of esters is 1. The minimum Gasteiger partial charge on any atom is -0.458 e. The number of anilines is 1. The number of nitrogens with one attached hydrogen (secondary N) is 2. The second-order valence-electron chi connectivity index (χ2n) is 8.63. The molecule has 4 rings (SSSR count). The number of rotatable bonds is 6. The van der Waals surface area contributed by atoms with Crippen LogP contribution in [0.3, 0.4) is 0 Å². The van der Waals surface area contributed by atoms with Gasteiger partial charge in [-0.1, -0.05) is 48.5 Å². The summed E-state index contributed by atoms with van der Waals surface area (Å²) in [6.45, 7) is 5.71. The standard InChI is InChI=1S/C25H28N2O2/c1-25(2,3)29-24(28)23(27-17-14-15-26-16-17)13-12-22-20-10-6-4-8-18(20)19-9-5-7-11-21(19)22/h4-11,14-16,22-23,26-27H,12-13H2,1-3H3. The van der Waals surface area contributed by atoms with Crippen LogP contribution in [-0.4, -0.2) is 22.6 Å². The van der Waals surface area contributed by atoms with Gasteiger partial charge in [0.25, 0.3) is 0 Å². The number of carbonyl (C=O) groups excluding carboxylic acids is 1. The first-order valence-corrected chi connectivity index (χ1v) is 10.2. The molecule has 0 spiro atoms. The molecule has 0 radical (unpaired) electrons. The van der Waals surface area contributed by atoms with Crippen LogP contribution in [0, 0.1) is 0 Å². The molecule has 0 fully saturated rings. The van der Waals surface area contributed by atoms with Crippen molar-refractivity contribution < 1.29 is 9.53 Å². The first kappa shape index (κ1) is 19.3. The minimum absolute atomic E-state index is 0.210. The molecule has 3 aromatic rings. The van der Waals surface area contributed by atoms with E-state index < -0.39 is 11.6 Å². The van der Waals surface area contributed by atoms with Crippen molar-refractivity contribution in [3.8, 4) is 11.1 Å². The number of fused-ring (bicyclic) bond motifs is 3. The maximum Gasteiger partial charge on any atom is 0.329 e. The Morgan fingerprint density at radius 3 is 2.21 bits per heavy atom. The van der Waals surface area contributed by atoms with E-state index in [1.165, 1.54) is 22.3 Å². The van der Waals surface area contributed by atoms with E-state index in [1.54, 1.807) is 0 Å². The number of hydrogen-bond donors (Lipinski definition) is 2. The van der Waals surface area contributed by atoms with Gasteiger partial charge in [0.15, 0.2) is 0 Å². The molecule has 1 heterocycles. The summed E-state index contributed by atoms with van der Waals surface area (Å²) < 4.78 is 5.69. The summed E-state index contributed by atoms with van der Waals surface area (Å²) in [5.41, 5.74) is 5.69. The third kappa shape index (κ3) is 4.21. The fraction of sp³-hybridized carbons (Fsp3) is 0.320. The van der Waals surface area contributed by atoms with Crippen LogP contribution in [0.15, 0.2) is 67.0 Å². The van der Waals surface area contributed by atoms with Gasteiger partial charge in [-0.05, 0) is 61.9 Å². The zero-order valence-corrected chi connectivity index (χ0v) is 17.2. The second kappa shape index (κ2) is 7.78. The van der Waals surface area contributed by atoms with Crippen molar-refractivity contribution in [2.75, 3.05) is 5.32 Å². The summed E-state index contributed by atoms with van der Waals surface area (Å²) in [4.78, 5) is 15.9. The highest BCUT2D eigenvalue weighted by Gasteiger charge is 2.31. The summed E-state index contributed by atoms with van der Waals surface area (Å²) >= 11 is 0. The van der Waals surface area contributed by atoms with Gasteiger partial charge in [-0.2, -0.15) is 0 Å². The molecular weight excluding hydrogens is 360 g/mol. The number of benzene rings is 2. The molecule has 29 heavy (non-hydrogen) atoms. The monoisotopic (exact) mass is 388 g/mol. The molecule has 1 atom stereocenters. The first-order chi connectivity index (χ1) is 13.9. The van der Waals surface area contributed by atoms with Crippen molar-refractivity contribution in [2.45, 2.75) is 51.2 Å². The number of H-pyrrole nitrogens is 1. The van der Waals surface area contributed by atoms with Gasteiger partial charge in [-0.15, -0.1) is 0 Å². The van der Waals surface area contributed by atoms with Crippen molar-refractivity contribution in [3.63, 3.8) is 0 Å². The minimum atomic E-state index is -0.512. The van der Waals surface area contributed by atoms with Crippen molar-refractivity contribution in [2.24, 2.45) is 0 Å². The molecule has 1 aromatic heterocycles. The van der Waals surface area contributed by atoms with Crippen LogP contribution in [0.2, 0.25) is 0 Å². The molecule has 0 aliphatic heterocycles. The van der Waals surface area contributed by atoms with Crippen molar-refractivity contribution in [1.29, 1.82) is 0 Å². The van der Waals surface area contributed by atoms with E-state index in [0.29, 0.717) is 12.3 Å². The average molecular weight is 389 g/mol. The molecule has 1 unspecified atom stereocenters. The number of aromatic amines is 1. The summed E-state index contributed by atoms with van der Waals surface area (Å²) in [6.07, 6.45) is 5.26. The van der Waals surface area contributed by atoms with Gasteiger partial charge in [0.1, 0.15) is 11.6 Å². The maximum absolute atomic E-state index is 12.9. The number of carbonyl (C=O) groups is 1. The van der Waals surface area contributed by atoms with Gasteiger partial charge in [-0.25, -0.2) is 4.79 Å². The molecular formula is C25H28N2O2. The zero-order chi connectivity index (χ0) is 20.4. The molecule has 0 amide bonds. The summed E-state index contributed by atoms with van der Waals surface area (Å²) in [7, 11) is 0. The largest absolute Gasteiger partial charge is 0.458 e. The predicted molar refractivity (Wildman–Crippen MR) is 117 cm³/mol. The lowest BCUT2D eigenvalue weighted by molar-refractivity contribution is -0.156. The van der Waals surface area contributed by atoms with Crippen LogP contribution in [0.4, 0.5) is 5.69 Å². The molecule has 0 saturated carbocycles. The number of aromatic nitrogens is 1. The van der Waals surface area contributed by atoms with Crippen LogP contribution in [-0.2, 0) is 9.53 Å². The predicted octanol–water partition coefficient (Wildman–Crippen LogP) is 5.73. The van der Waals surface area contributed by atoms with Crippen LogP contribution in [0.5, 0.6) is 0 Å². The van der Waals surface area contributed by atoms with E-state index in [1.807, 2.05) is 39.2 Å². The average Bonchev–Trinajstić information content (AvgIpc) is 3.30. The Bertz CT molecular complexity index is 941. The smallest absolute Gasteiger partial charge is 0.329 e. The first-order valence-electron chi connectivity index (χ1n) is 10.2. The van der Waals surface area contributed by atoms with E-state index in [0.717, 1.165) is 12.1 Å². The Morgan fingerprint density at radius 2 is 1.66 bits per heavy atom. The highest BCUT2D eigenvalue weighted by Crippen LogP contribution is 2.46. The van der Waals surface area contributed by atoms with Crippen LogP contribution in [0.1, 0.15) is 50.7 Å². The topological polar surface area (TPSA) is 54.1 Å². The highest BCUT2D eigenvalue weighted by atomic mass is 16.6. The fourth-order valence-electron chi connectivity index (χ4n) is 4.14. The fourth-order valence-corrected chi connectivity index (χ4v) is 4.14. The summed E-state index contributed by atoms with van der Waals surface area (Å²) in [5.74, 6) is 0.0821. The van der Waals surface area contributed by atoms with Crippen LogP contribution >= 0.6 is 0 Å². The molecule has 2 aromatic carbocycles. The number of ether oxygens (including phenoxy) is 1. The van der Waals surface area contributed by atoms with Gasteiger partial charge < -0.3 is 15.0 Å². The van der Waals surface area contributed by atoms with Crippen molar-refractivity contribution >= 4 is 11.7 Å². The Labute approximate surface area is 172 Å². The summed E-state index contributed by atoms with van der Waals surface area (Å²) in [6, 6.07) is 18.7. The van der Waals surface area contributed by atoms with E-state index in [2.05, 4.69) is 58.8 Å². The lowest BCUT2D eigenvalue weighted by Crippen LogP contribution is -2.36. The number of hydrogen-bond acceptors (Lipinski definition) is 3. The Balaban J connectivity index is 1.56. The van der Waals surface area contributed by atoms with E-state index >= 15 is 0 Å². The SMILES string of the molecule is CC(C)(C)OC(=O)C(CCC1c2ccccc2-c2ccccc21)Nc1cc[nH]c1. The van der Waals surface area contributed by atoms with Crippen molar-refractivity contribution in [1.82, 2.24) is 4.98 Å². The molecule has 2 N–H and O–H groups in total. The highest BCUT2D eigenvalue weighted by molar-refractivity contribution is 5.80. The van der Waals surface area contributed by atoms with E-state index in [-0.39, 0.29) is 5.97 Å². The Kier molecular flexibility index (Phi) is 5.18. The van der Waals surface area contributed by atoms with Gasteiger partial charge in [0.05, 0.1) is 5.69 Å². The normalized spacial score (nSPS) is 14.2. The Hall–Kier alpha value is -3.01. The maximum atomic E-state index is 12.9. The van der Waals surface area contributed by atoms with Crippen molar-refractivity contribution in [3.05, 3.63) is 78.1 Å². The lowest BCUT2D eigenvalue weighted by atomic mass is 9.90. The molecule has 1 aliphatic rings. The lowest BCUT2D eigenvalue weighted by Gasteiger charge is -2.26. The van der Waals surface area contributed by atoms with Gasteiger partial charge in [0, 0.05) is 18.3 Å². The molecule has 4 heteroatoms. The third-order valence-electron chi connectivity index (χ3n) is 5.34. The third-order valence-corrected chi connectivity index (χ3v) is 5.34. The molecule has 4 nitrogen and oxygen atoms in total. The van der Waals surface area contributed by atoms with Gasteiger partial charge in [-0.3, -0.25) is 0 Å². The van der Waals surface area contributed by atoms with Gasteiger partial charge in [0.2, 0.25) is 0 Å². The summed E-state index contributed by atoms with van der Waals surface area (Å²) in [5, 5.41) is 3.35. The molecule has 0 saturated heterocycles. The van der Waals surface area contributed by atoms with E-state index in [9.17, 15) is 4.79 Å². The van der Waals surface area contributed by atoms with Crippen LogP contribution < -0.4 is 5.32 Å². The zero-order valence-electron chi connectivity index (χ0n) is 17.2.